The summed E-state index contributed by atoms with van der Waals surface area (Å²) in [4.78, 5) is 26.7. The van der Waals surface area contributed by atoms with Gasteiger partial charge in [-0.25, -0.2) is 4.68 Å². The van der Waals surface area contributed by atoms with Crippen molar-refractivity contribution in [1.29, 1.82) is 0 Å². The van der Waals surface area contributed by atoms with Gasteiger partial charge in [0.05, 0.1) is 17.9 Å². The number of hydrogen-bond donors (Lipinski definition) is 1. The summed E-state index contributed by atoms with van der Waals surface area (Å²) in [5.74, 6) is 0.0360. The first-order valence-electron chi connectivity index (χ1n) is 10.4. The molecule has 0 bridgehead atoms. The number of amides is 2. The van der Waals surface area contributed by atoms with Crippen LogP contribution in [-0.2, 0) is 24.5 Å². The van der Waals surface area contributed by atoms with Crippen LogP contribution < -0.4 is 5.32 Å². The van der Waals surface area contributed by atoms with Crippen LogP contribution in [0.15, 0.2) is 30.3 Å². The number of methoxy groups -OCH3 is 2. The number of carbonyl (C=O) groups excluding carboxylic acids is 2. The molecular formula is C23H34N4O4. The Balaban J connectivity index is 2.26. The van der Waals surface area contributed by atoms with Gasteiger partial charge in [0.15, 0.2) is 0 Å². The molecule has 0 saturated heterocycles. The molecule has 0 fully saturated rings. The minimum atomic E-state index is -0.294. The van der Waals surface area contributed by atoms with E-state index in [1.807, 2.05) is 37.3 Å². The van der Waals surface area contributed by atoms with Crippen LogP contribution in [0.25, 0.3) is 5.69 Å². The topological polar surface area (TPSA) is 85.7 Å². The predicted molar refractivity (Wildman–Crippen MR) is 121 cm³/mol. The molecule has 0 spiro atoms. The summed E-state index contributed by atoms with van der Waals surface area (Å²) in [5.41, 5.74) is 2.60. The van der Waals surface area contributed by atoms with Crippen molar-refractivity contribution in [2.75, 3.05) is 45.8 Å². The fraction of sp³-hybridized carbons (Fsp3) is 0.522. The number of benzene rings is 1. The summed E-state index contributed by atoms with van der Waals surface area (Å²) in [6.07, 6.45) is 0.633. The minimum absolute atomic E-state index is 0.0737. The SMILES string of the molecule is COCCCN(CC(=O)Nc1cc(C(C)(C)C)nn1-c1ccccc1C)C(=O)COC. The molecule has 2 aromatic rings. The van der Waals surface area contributed by atoms with Crippen LogP contribution in [0.5, 0.6) is 0 Å². The number of nitrogens with one attached hydrogen (secondary N) is 1. The number of para-hydroxylation sites is 1. The van der Waals surface area contributed by atoms with Crippen LogP contribution in [0.3, 0.4) is 0 Å². The van der Waals surface area contributed by atoms with E-state index < -0.39 is 0 Å². The normalized spacial score (nSPS) is 11.4. The molecule has 31 heavy (non-hydrogen) atoms. The molecule has 1 aromatic carbocycles. The number of nitrogens with zero attached hydrogens (tertiary/aromatic N) is 3. The minimum Gasteiger partial charge on any atom is -0.385 e. The van der Waals surface area contributed by atoms with Crippen LogP contribution in [0.2, 0.25) is 0 Å². The quantitative estimate of drug-likeness (QED) is 0.586. The van der Waals surface area contributed by atoms with Crippen LogP contribution in [0.4, 0.5) is 5.82 Å². The highest BCUT2D eigenvalue weighted by atomic mass is 16.5. The van der Waals surface area contributed by atoms with Gasteiger partial charge in [-0.15, -0.1) is 0 Å². The molecule has 0 unspecified atom stereocenters. The lowest BCUT2D eigenvalue weighted by Crippen LogP contribution is -2.41. The zero-order valence-corrected chi connectivity index (χ0v) is 19.4. The van der Waals surface area contributed by atoms with E-state index in [0.717, 1.165) is 16.9 Å². The number of aryl methyl sites for hydroxylation is 1. The van der Waals surface area contributed by atoms with Gasteiger partial charge in [-0.05, 0) is 25.0 Å². The monoisotopic (exact) mass is 430 g/mol. The van der Waals surface area contributed by atoms with Gasteiger partial charge in [-0.2, -0.15) is 5.10 Å². The Bertz CT molecular complexity index is 886. The van der Waals surface area contributed by atoms with Gasteiger partial charge in [-0.1, -0.05) is 39.0 Å². The summed E-state index contributed by atoms with van der Waals surface area (Å²) < 4.78 is 11.8. The van der Waals surface area contributed by atoms with Gasteiger partial charge in [0, 0.05) is 38.9 Å². The van der Waals surface area contributed by atoms with E-state index in [-0.39, 0.29) is 30.4 Å². The lowest BCUT2D eigenvalue weighted by atomic mass is 9.92. The molecular weight excluding hydrogens is 396 g/mol. The Morgan fingerprint density at radius 2 is 1.87 bits per heavy atom. The number of ether oxygens (including phenoxy) is 2. The Hall–Kier alpha value is -2.71. The maximum Gasteiger partial charge on any atom is 0.249 e. The second-order valence-corrected chi connectivity index (χ2v) is 8.51. The number of rotatable bonds is 10. The number of hydrogen-bond acceptors (Lipinski definition) is 5. The Kier molecular flexibility index (Phi) is 8.76. The molecule has 8 heteroatoms. The van der Waals surface area contributed by atoms with E-state index in [9.17, 15) is 9.59 Å². The van der Waals surface area contributed by atoms with E-state index >= 15 is 0 Å². The zero-order valence-electron chi connectivity index (χ0n) is 19.4. The third-order valence-electron chi connectivity index (χ3n) is 4.82. The van der Waals surface area contributed by atoms with Crippen molar-refractivity contribution >= 4 is 17.6 Å². The summed E-state index contributed by atoms with van der Waals surface area (Å²) in [6.45, 7) is 8.99. The standard InChI is InChI=1S/C23H34N4O4/c1-17-10-7-8-11-18(17)27-20(14-19(25-27)23(2,3)4)24-21(28)15-26(12-9-13-30-5)22(29)16-31-6/h7-8,10-11,14H,9,12-13,15-16H2,1-6H3,(H,24,28). The van der Waals surface area contributed by atoms with Gasteiger partial charge in [-0.3, -0.25) is 9.59 Å². The van der Waals surface area contributed by atoms with E-state index in [4.69, 9.17) is 14.6 Å². The summed E-state index contributed by atoms with van der Waals surface area (Å²) in [5, 5.41) is 7.70. The predicted octanol–water partition coefficient (Wildman–Crippen LogP) is 2.93. The van der Waals surface area contributed by atoms with Gasteiger partial charge in [0.1, 0.15) is 12.4 Å². The molecule has 8 nitrogen and oxygen atoms in total. The van der Waals surface area contributed by atoms with Gasteiger partial charge >= 0.3 is 0 Å². The van der Waals surface area contributed by atoms with Crippen molar-refractivity contribution in [3.8, 4) is 5.69 Å². The van der Waals surface area contributed by atoms with E-state index in [1.54, 1.807) is 11.8 Å². The number of anilines is 1. The first-order valence-corrected chi connectivity index (χ1v) is 10.4. The molecule has 170 valence electrons. The molecule has 2 rings (SSSR count). The first kappa shape index (κ1) is 24.6. The highest BCUT2D eigenvalue weighted by molar-refractivity contribution is 5.94. The van der Waals surface area contributed by atoms with Crippen molar-refractivity contribution in [3.05, 3.63) is 41.6 Å². The fourth-order valence-corrected chi connectivity index (χ4v) is 3.08. The summed E-state index contributed by atoms with van der Waals surface area (Å²) in [7, 11) is 3.06. The zero-order chi connectivity index (χ0) is 23.0. The molecule has 0 aliphatic rings. The third kappa shape index (κ3) is 6.90. The number of carbonyl (C=O) groups is 2. The first-order chi connectivity index (χ1) is 14.7. The molecule has 1 N–H and O–H groups in total. The third-order valence-corrected chi connectivity index (χ3v) is 4.82. The van der Waals surface area contributed by atoms with E-state index in [2.05, 4.69) is 26.1 Å². The largest absolute Gasteiger partial charge is 0.385 e. The van der Waals surface area contributed by atoms with Crippen molar-refractivity contribution in [3.63, 3.8) is 0 Å². The molecule has 0 radical (unpaired) electrons. The average Bonchev–Trinajstić information content (AvgIpc) is 3.11. The smallest absolute Gasteiger partial charge is 0.249 e. The van der Waals surface area contributed by atoms with Gasteiger partial charge < -0.3 is 19.7 Å². The lowest BCUT2D eigenvalue weighted by molar-refractivity contribution is -0.138. The lowest BCUT2D eigenvalue weighted by Gasteiger charge is -2.22. The van der Waals surface area contributed by atoms with Crippen LogP contribution in [-0.4, -0.2) is 67.0 Å². The highest BCUT2D eigenvalue weighted by Crippen LogP contribution is 2.27. The van der Waals surface area contributed by atoms with Gasteiger partial charge in [0.25, 0.3) is 0 Å². The van der Waals surface area contributed by atoms with E-state index in [0.29, 0.717) is 25.4 Å². The molecule has 2 amide bonds. The maximum atomic E-state index is 12.9. The van der Waals surface area contributed by atoms with Crippen LogP contribution >= 0.6 is 0 Å². The van der Waals surface area contributed by atoms with Gasteiger partial charge in [0.2, 0.25) is 11.8 Å². The molecule has 0 aliphatic carbocycles. The van der Waals surface area contributed by atoms with E-state index in [1.165, 1.54) is 12.0 Å². The molecule has 1 heterocycles. The highest BCUT2D eigenvalue weighted by Gasteiger charge is 2.23. The van der Waals surface area contributed by atoms with Crippen molar-refractivity contribution in [2.24, 2.45) is 0 Å². The fourth-order valence-electron chi connectivity index (χ4n) is 3.08. The molecule has 0 aliphatic heterocycles. The second kappa shape index (κ2) is 11.1. The van der Waals surface area contributed by atoms with Crippen molar-refractivity contribution < 1.29 is 19.1 Å². The van der Waals surface area contributed by atoms with Crippen LogP contribution in [0.1, 0.15) is 38.4 Å². The van der Waals surface area contributed by atoms with Crippen LogP contribution in [0, 0.1) is 6.92 Å². The van der Waals surface area contributed by atoms with Crippen molar-refractivity contribution in [2.45, 2.75) is 39.5 Å². The Morgan fingerprint density at radius 3 is 2.48 bits per heavy atom. The van der Waals surface area contributed by atoms with Crippen molar-refractivity contribution in [1.82, 2.24) is 14.7 Å². The summed E-state index contributed by atoms with van der Waals surface area (Å²) in [6, 6.07) is 9.75. The molecule has 0 atom stereocenters. The summed E-state index contributed by atoms with van der Waals surface area (Å²) >= 11 is 0. The molecule has 1 aromatic heterocycles. The maximum absolute atomic E-state index is 12.9. The number of aromatic nitrogens is 2. The average molecular weight is 431 g/mol. The second-order valence-electron chi connectivity index (χ2n) is 8.51. The Morgan fingerprint density at radius 1 is 1.16 bits per heavy atom. The molecule has 0 saturated carbocycles. The Labute approximate surface area is 184 Å².